The minimum absolute atomic E-state index is 0.0116. The Bertz CT molecular complexity index is 2830. The Morgan fingerprint density at radius 2 is 1.75 bits per heavy atom. The van der Waals surface area contributed by atoms with Crippen molar-refractivity contribution in [3.05, 3.63) is 125 Å². The molecule has 16 heteroatoms. The van der Waals surface area contributed by atoms with Crippen molar-refractivity contribution in [2.45, 2.75) is 51.5 Å². The van der Waals surface area contributed by atoms with E-state index in [-0.39, 0.29) is 5.92 Å². The van der Waals surface area contributed by atoms with Crippen LogP contribution in [0, 0.1) is 0 Å². The summed E-state index contributed by atoms with van der Waals surface area (Å²) in [5.74, 6) is 2.66. The molecule has 16 nitrogen and oxygen atoms in total. The van der Waals surface area contributed by atoms with E-state index in [0.29, 0.717) is 42.8 Å². The van der Waals surface area contributed by atoms with Crippen LogP contribution in [-0.4, -0.2) is 94.3 Å². The minimum atomic E-state index is 0.0116. The normalized spacial score (nSPS) is 14.4. The van der Waals surface area contributed by atoms with Gasteiger partial charge in [-0.2, -0.15) is 20.3 Å². The second kappa shape index (κ2) is 17.6. The second-order valence-electron chi connectivity index (χ2n) is 16.3. The highest BCUT2D eigenvalue weighted by atomic mass is 16.5. The fourth-order valence-electron chi connectivity index (χ4n) is 8.78. The molecule has 2 aromatic carbocycles. The van der Waals surface area contributed by atoms with Gasteiger partial charge in [-0.1, -0.05) is 48.5 Å². The molecule has 0 saturated heterocycles. The number of nitrogens with one attached hydrogen (secondary N) is 2. The number of hydrogen-bond donors (Lipinski definition) is 3. The van der Waals surface area contributed by atoms with Gasteiger partial charge >= 0.3 is 0 Å². The van der Waals surface area contributed by atoms with E-state index in [4.69, 9.17) is 40.7 Å². The molecule has 2 aliphatic rings. The lowest BCUT2D eigenvalue weighted by atomic mass is 9.80. The van der Waals surface area contributed by atoms with Crippen LogP contribution in [0.15, 0.2) is 90.5 Å². The number of aryl methyl sites for hydroxylation is 4. The third kappa shape index (κ3) is 8.41. The third-order valence-corrected chi connectivity index (χ3v) is 11.7. The van der Waals surface area contributed by atoms with Crippen LogP contribution in [0.2, 0.25) is 0 Å². The van der Waals surface area contributed by atoms with Crippen LogP contribution in [0.4, 0.5) is 17.7 Å². The van der Waals surface area contributed by atoms with Crippen molar-refractivity contribution >= 4 is 23.6 Å². The number of para-hydroxylation sites is 1. The quantitative estimate of drug-likeness (QED) is 0.0820. The van der Waals surface area contributed by atoms with Gasteiger partial charge in [0.05, 0.1) is 47.8 Å². The average Bonchev–Trinajstić information content (AvgIpc) is 3.97. The Kier molecular flexibility index (Phi) is 11.5. The number of benzene rings is 2. The first-order chi connectivity index (χ1) is 30.7. The van der Waals surface area contributed by atoms with E-state index in [0.717, 1.165) is 111 Å². The van der Waals surface area contributed by atoms with Crippen molar-refractivity contribution in [3.8, 4) is 39.5 Å². The van der Waals surface area contributed by atoms with Gasteiger partial charge in [-0.15, -0.1) is 0 Å². The summed E-state index contributed by atoms with van der Waals surface area (Å²) < 4.78 is 12.2. The van der Waals surface area contributed by atoms with E-state index < -0.39 is 0 Å². The highest BCUT2D eigenvalue weighted by molar-refractivity contribution is 5.93. The molecule has 5 heterocycles. The lowest BCUT2D eigenvalue weighted by Crippen LogP contribution is -2.18. The van der Waals surface area contributed by atoms with E-state index in [2.05, 4.69) is 69.9 Å². The molecule has 0 radical (unpaired) electrons. The first kappa shape index (κ1) is 41.2. The number of aromatic nitrogens is 10. The lowest BCUT2D eigenvalue weighted by Gasteiger charge is -2.26. The number of hydrogen-bond acceptors (Lipinski definition) is 12. The molecular weight excluding hydrogens is 791 g/mol. The van der Waals surface area contributed by atoms with Gasteiger partial charge in [0, 0.05) is 92.3 Å². The molecule has 5 aromatic heterocycles. The number of aliphatic imine (C=N–C) groups is 1. The highest BCUT2D eigenvalue weighted by Gasteiger charge is 2.34. The number of ether oxygens (including phenoxy) is 1. The van der Waals surface area contributed by atoms with Crippen LogP contribution >= 0.6 is 0 Å². The summed E-state index contributed by atoms with van der Waals surface area (Å²) in [6, 6.07) is 18.7. The van der Waals surface area contributed by atoms with Crippen molar-refractivity contribution < 1.29 is 4.74 Å². The van der Waals surface area contributed by atoms with Gasteiger partial charge in [-0.3, -0.25) is 14.0 Å². The largest absolute Gasteiger partial charge is 0.496 e. The molecule has 0 saturated carbocycles. The zero-order valence-corrected chi connectivity index (χ0v) is 36.7. The molecular formula is C47H53N15O. The summed E-state index contributed by atoms with van der Waals surface area (Å²) in [4.78, 5) is 26.3. The zero-order valence-electron chi connectivity index (χ0n) is 36.7. The molecule has 0 fully saturated rings. The predicted octanol–water partition coefficient (Wildman–Crippen LogP) is 5.93. The number of methoxy groups -OCH3 is 1. The molecule has 2 aliphatic carbocycles. The molecule has 7 aromatic rings. The standard InChI is InChI=1S/C47H53N15O/c1-7-49-20-18-38(48)52-46-51-28-34-33(25-36-41(43(34)55-46)44(61(5)57-36)29-12-9-8-10-13-29)24-30-14-11-15-31(45(30)63-6)26-37-40-35(56-60(37)4)17-16-32-27-50-47(54-42(32)40)53-39-19-21-62(58-39)23-22-59(2)3/h8-15,18-21,27-28,33,49H,7,16-17,22-26H2,1-6H3,(H2,48,51,52,55)(H,50,53,54,58)/b20-18-. The molecule has 63 heavy (non-hydrogen) atoms. The first-order valence-electron chi connectivity index (χ1n) is 21.4. The van der Waals surface area contributed by atoms with Crippen LogP contribution in [0.5, 0.6) is 5.75 Å². The molecule has 1 unspecified atom stereocenters. The maximum atomic E-state index is 6.31. The summed E-state index contributed by atoms with van der Waals surface area (Å²) >= 11 is 0. The Hall–Kier alpha value is -7.20. The number of anilines is 2. The Balaban J connectivity index is 1.04. The van der Waals surface area contributed by atoms with Crippen LogP contribution in [0.25, 0.3) is 33.8 Å². The van der Waals surface area contributed by atoms with Gasteiger partial charge < -0.3 is 26.0 Å². The van der Waals surface area contributed by atoms with Crippen LogP contribution in [0.3, 0.4) is 0 Å². The maximum Gasteiger partial charge on any atom is 0.251 e. The number of likely N-dealkylation sites (N-methyl/N-ethyl adjacent to an activating group) is 1. The average molecular weight is 844 g/mol. The minimum Gasteiger partial charge on any atom is -0.496 e. The summed E-state index contributed by atoms with van der Waals surface area (Å²) in [7, 11) is 9.87. The van der Waals surface area contributed by atoms with E-state index in [9.17, 15) is 0 Å². The monoisotopic (exact) mass is 843 g/mol. The molecule has 0 amide bonds. The summed E-state index contributed by atoms with van der Waals surface area (Å²) in [6.45, 7) is 4.48. The topological polar surface area (TPSA) is 180 Å². The van der Waals surface area contributed by atoms with Crippen LogP contribution < -0.4 is 21.1 Å². The van der Waals surface area contributed by atoms with Crippen molar-refractivity contribution in [3.63, 3.8) is 0 Å². The SMILES string of the molecule is CCN/C=C\C(N)=N/c1ncc2c(n1)-c1c(nn(C)c1-c1ccccc1)CC2Cc1cccc(Cc2c3c(nn2C)CCc2cnc(Nc4ccn(CCN(C)C)n4)nc2-3)c1OC. The van der Waals surface area contributed by atoms with Crippen LogP contribution in [-0.2, 0) is 52.7 Å². The molecule has 9 rings (SSSR count). The number of fused-ring (bicyclic) bond motifs is 6. The second-order valence-corrected chi connectivity index (χ2v) is 16.3. The van der Waals surface area contributed by atoms with Gasteiger partial charge in [0.1, 0.15) is 11.6 Å². The number of nitrogens with two attached hydrogens (primary N) is 1. The van der Waals surface area contributed by atoms with E-state index in [1.807, 2.05) is 77.9 Å². The summed E-state index contributed by atoms with van der Waals surface area (Å²) in [5.41, 5.74) is 19.5. The van der Waals surface area contributed by atoms with Gasteiger partial charge in [0.15, 0.2) is 5.82 Å². The maximum absolute atomic E-state index is 6.31. The Morgan fingerprint density at radius 1 is 0.921 bits per heavy atom. The van der Waals surface area contributed by atoms with Crippen molar-refractivity contribution in [1.82, 2.24) is 59.5 Å². The lowest BCUT2D eigenvalue weighted by molar-refractivity contribution is 0.373. The van der Waals surface area contributed by atoms with Crippen molar-refractivity contribution in [2.24, 2.45) is 24.8 Å². The third-order valence-electron chi connectivity index (χ3n) is 11.7. The van der Waals surface area contributed by atoms with E-state index in [1.54, 1.807) is 19.4 Å². The molecule has 0 spiro atoms. The Morgan fingerprint density at radius 3 is 2.56 bits per heavy atom. The van der Waals surface area contributed by atoms with Gasteiger partial charge in [0.25, 0.3) is 5.95 Å². The molecule has 1 atom stereocenters. The summed E-state index contributed by atoms with van der Waals surface area (Å²) in [5, 5.41) is 21.3. The molecule has 322 valence electrons. The molecule has 0 bridgehead atoms. The van der Waals surface area contributed by atoms with Gasteiger partial charge in [0.2, 0.25) is 5.95 Å². The fourth-order valence-corrected chi connectivity index (χ4v) is 8.78. The van der Waals surface area contributed by atoms with E-state index in [1.165, 1.54) is 0 Å². The summed E-state index contributed by atoms with van der Waals surface area (Å²) in [6.07, 6.45) is 12.9. The van der Waals surface area contributed by atoms with E-state index >= 15 is 0 Å². The van der Waals surface area contributed by atoms with Crippen molar-refractivity contribution in [2.75, 3.05) is 39.6 Å². The molecule has 0 aliphatic heterocycles. The van der Waals surface area contributed by atoms with Crippen molar-refractivity contribution in [1.29, 1.82) is 0 Å². The number of rotatable bonds is 15. The fraction of sp³-hybridized carbons (Fsp3) is 0.319. The predicted molar refractivity (Wildman–Crippen MR) is 245 cm³/mol. The Labute approximate surface area is 367 Å². The highest BCUT2D eigenvalue weighted by Crippen LogP contribution is 2.46. The zero-order chi connectivity index (χ0) is 43.6. The van der Waals surface area contributed by atoms with Gasteiger partial charge in [-0.05, 0) is 69.8 Å². The molecule has 4 N–H and O–H groups in total. The number of amidine groups is 1. The first-order valence-corrected chi connectivity index (χ1v) is 21.4. The van der Waals surface area contributed by atoms with Gasteiger partial charge in [-0.25, -0.2) is 19.9 Å². The van der Waals surface area contributed by atoms with Crippen LogP contribution in [0.1, 0.15) is 52.2 Å². The smallest absolute Gasteiger partial charge is 0.251 e. The number of nitrogens with zero attached hydrogens (tertiary/aromatic N) is 12.